The fraction of sp³-hybridized carbons (Fsp3) is 0.438. The molecule has 0 bridgehead atoms. The largest absolute Gasteiger partial charge is 0.432 e. The predicted octanol–water partition coefficient (Wildman–Crippen LogP) is 3.91. The Morgan fingerprint density at radius 1 is 1.32 bits per heavy atom. The molecule has 1 N–H and O–H groups in total. The lowest BCUT2D eigenvalue weighted by atomic mass is 9.96. The van der Waals surface area contributed by atoms with Crippen molar-refractivity contribution in [3.63, 3.8) is 0 Å². The summed E-state index contributed by atoms with van der Waals surface area (Å²) in [5, 5.41) is 14.2. The van der Waals surface area contributed by atoms with E-state index in [0.29, 0.717) is 17.0 Å². The van der Waals surface area contributed by atoms with Crippen molar-refractivity contribution in [3.05, 3.63) is 45.6 Å². The van der Waals surface area contributed by atoms with E-state index in [4.69, 9.17) is 17.0 Å². The molecule has 0 heterocycles. The molecule has 22 heavy (non-hydrogen) atoms. The van der Waals surface area contributed by atoms with Crippen LogP contribution in [0.15, 0.2) is 30.0 Å². The smallest absolute Gasteiger partial charge is 0.262 e. The minimum absolute atomic E-state index is 0.100. The van der Waals surface area contributed by atoms with Crippen LogP contribution in [0.1, 0.15) is 44.6 Å². The maximum Gasteiger partial charge on any atom is 0.262 e. The second-order valence-electron chi connectivity index (χ2n) is 5.48. The van der Waals surface area contributed by atoms with E-state index < -0.39 is 4.92 Å². The highest BCUT2D eigenvalue weighted by molar-refractivity contribution is 7.80. The zero-order chi connectivity index (χ0) is 15.9. The zero-order valence-electron chi connectivity index (χ0n) is 12.6. The maximum absolute atomic E-state index is 10.6. The molecule has 118 valence electrons. The first kappa shape index (κ1) is 16.4. The average Bonchev–Trinajstić information content (AvgIpc) is 2.50. The number of hydrogen-bond acceptors (Lipinski definition) is 4. The van der Waals surface area contributed by atoms with Crippen molar-refractivity contribution in [2.75, 3.05) is 0 Å². The third kappa shape index (κ3) is 5.11. The highest BCUT2D eigenvalue weighted by atomic mass is 32.1. The normalized spacial score (nSPS) is 16.1. The minimum Gasteiger partial charge on any atom is -0.432 e. The van der Waals surface area contributed by atoms with Gasteiger partial charge in [-0.05, 0) is 42.8 Å². The first-order valence-electron chi connectivity index (χ1n) is 7.46. The standard InChI is InChI=1S/C16H20N2O3S/c1-12(18(19)20)11-13-7-9-15(10-8-13)21-16(22)17-14-5-3-2-4-6-14/h7-11,14H,2-6H2,1H3,(H,17,22). The third-order valence-corrected chi connectivity index (χ3v) is 3.88. The van der Waals surface area contributed by atoms with Crippen molar-refractivity contribution < 1.29 is 9.66 Å². The molecule has 1 aromatic carbocycles. The number of nitro groups is 1. The Labute approximate surface area is 135 Å². The Balaban J connectivity index is 1.89. The van der Waals surface area contributed by atoms with Crippen molar-refractivity contribution in [1.29, 1.82) is 0 Å². The second kappa shape index (κ2) is 7.89. The number of ether oxygens (including phenoxy) is 1. The molecule has 0 amide bonds. The van der Waals surface area contributed by atoms with Crippen molar-refractivity contribution in [3.8, 4) is 5.75 Å². The lowest BCUT2D eigenvalue weighted by molar-refractivity contribution is -0.422. The van der Waals surface area contributed by atoms with Crippen molar-refractivity contribution >= 4 is 23.5 Å². The summed E-state index contributed by atoms with van der Waals surface area (Å²) >= 11 is 5.22. The van der Waals surface area contributed by atoms with Gasteiger partial charge in [-0.1, -0.05) is 31.4 Å². The molecule has 1 aliphatic carbocycles. The van der Waals surface area contributed by atoms with Gasteiger partial charge in [-0.2, -0.15) is 0 Å². The van der Waals surface area contributed by atoms with Crippen LogP contribution in [0.5, 0.6) is 5.75 Å². The van der Waals surface area contributed by atoms with Crippen LogP contribution < -0.4 is 10.1 Å². The first-order chi connectivity index (χ1) is 10.5. The summed E-state index contributed by atoms with van der Waals surface area (Å²) in [6.45, 7) is 1.47. The van der Waals surface area contributed by atoms with Crippen LogP contribution >= 0.6 is 12.2 Å². The molecule has 0 aromatic heterocycles. The number of benzene rings is 1. The van der Waals surface area contributed by atoms with Gasteiger partial charge in [0, 0.05) is 19.0 Å². The molecule has 0 unspecified atom stereocenters. The number of rotatable bonds is 4. The molecule has 6 heteroatoms. The van der Waals surface area contributed by atoms with Crippen LogP contribution in [-0.2, 0) is 0 Å². The Morgan fingerprint density at radius 3 is 2.55 bits per heavy atom. The maximum atomic E-state index is 10.6. The lowest BCUT2D eigenvalue weighted by Gasteiger charge is -2.23. The van der Waals surface area contributed by atoms with Crippen LogP contribution in [-0.4, -0.2) is 16.1 Å². The molecule has 1 fully saturated rings. The summed E-state index contributed by atoms with van der Waals surface area (Å²) in [4.78, 5) is 10.2. The molecule has 5 nitrogen and oxygen atoms in total. The highest BCUT2D eigenvalue weighted by Crippen LogP contribution is 2.18. The molecule has 1 aliphatic rings. The average molecular weight is 320 g/mol. The quantitative estimate of drug-likeness (QED) is 0.517. The summed E-state index contributed by atoms with van der Waals surface area (Å²) in [6, 6.07) is 7.46. The molecule has 2 rings (SSSR count). The van der Waals surface area contributed by atoms with E-state index in [9.17, 15) is 10.1 Å². The van der Waals surface area contributed by atoms with Gasteiger partial charge < -0.3 is 10.1 Å². The number of thiocarbonyl (C=S) groups is 1. The Bertz CT molecular complexity index is 563. The summed E-state index contributed by atoms with van der Waals surface area (Å²) < 4.78 is 5.59. The van der Waals surface area contributed by atoms with E-state index in [2.05, 4.69) is 5.32 Å². The van der Waals surface area contributed by atoms with Crippen LogP contribution in [0.25, 0.3) is 6.08 Å². The summed E-state index contributed by atoms with van der Waals surface area (Å²) in [5.41, 5.74) is 0.857. The number of allylic oxidation sites excluding steroid dienone is 1. The van der Waals surface area contributed by atoms with Gasteiger partial charge >= 0.3 is 0 Å². The zero-order valence-corrected chi connectivity index (χ0v) is 13.4. The van der Waals surface area contributed by atoms with Crippen LogP contribution in [0.4, 0.5) is 0 Å². The van der Waals surface area contributed by atoms with E-state index in [1.54, 1.807) is 24.3 Å². The van der Waals surface area contributed by atoms with Gasteiger partial charge in [-0.25, -0.2) is 0 Å². The molecule has 1 saturated carbocycles. The summed E-state index contributed by atoms with van der Waals surface area (Å²) in [7, 11) is 0. The van der Waals surface area contributed by atoms with Gasteiger partial charge in [0.25, 0.3) is 5.17 Å². The molecular weight excluding hydrogens is 300 g/mol. The number of nitrogens with one attached hydrogen (secondary N) is 1. The summed E-state index contributed by atoms with van der Waals surface area (Å²) in [5.74, 6) is 0.629. The monoisotopic (exact) mass is 320 g/mol. The molecule has 1 aromatic rings. The van der Waals surface area contributed by atoms with Crippen LogP contribution in [0.3, 0.4) is 0 Å². The molecule has 0 radical (unpaired) electrons. The van der Waals surface area contributed by atoms with Gasteiger partial charge in [0.1, 0.15) is 5.75 Å². The Kier molecular flexibility index (Phi) is 5.89. The molecular formula is C16H20N2O3S. The lowest BCUT2D eigenvalue weighted by Crippen LogP contribution is -2.37. The van der Waals surface area contributed by atoms with E-state index in [1.165, 1.54) is 32.3 Å². The van der Waals surface area contributed by atoms with Gasteiger partial charge in [0.05, 0.1) is 4.92 Å². The minimum atomic E-state index is -0.409. The van der Waals surface area contributed by atoms with Crippen molar-refractivity contribution in [2.45, 2.75) is 45.1 Å². The highest BCUT2D eigenvalue weighted by Gasteiger charge is 2.14. The molecule has 0 spiro atoms. The first-order valence-corrected chi connectivity index (χ1v) is 7.86. The summed E-state index contributed by atoms with van der Waals surface area (Å²) in [6.07, 6.45) is 7.54. The van der Waals surface area contributed by atoms with Crippen molar-refractivity contribution in [1.82, 2.24) is 5.32 Å². The number of nitrogens with zero attached hydrogens (tertiary/aromatic N) is 1. The van der Waals surface area contributed by atoms with E-state index >= 15 is 0 Å². The van der Waals surface area contributed by atoms with E-state index in [0.717, 1.165) is 18.4 Å². The predicted molar refractivity (Wildman–Crippen MR) is 90.3 cm³/mol. The molecule has 0 atom stereocenters. The van der Waals surface area contributed by atoms with Crippen LogP contribution in [0, 0.1) is 10.1 Å². The SMILES string of the molecule is CC(=Cc1ccc(OC(=S)NC2CCCCC2)cc1)[N+](=O)[O-]. The number of hydrogen-bond donors (Lipinski definition) is 1. The second-order valence-corrected chi connectivity index (χ2v) is 5.85. The van der Waals surface area contributed by atoms with E-state index in [-0.39, 0.29) is 5.70 Å². The van der Waals surface area contributed by atoms with Gasteiger partial charge in [0.15, 0.2) is 0 Å². The fourth-order valence-electron chi connectivity index (χ4n) is 2.48. The Morgan fingerprint density at radius 2 is 1.95 bits per heavy atom. The van der Waals surface area contributed by atoms with Crippen molar-refractivity contribution in [2.24, 2.45) is 0 Å². The third-order valence-electron chi connectivity index (χ3n) is 3.68. The Hall–Kier alpha value is -1.95. The van der Waals surface area contributed by atoms with E-state index in [1.807, 2.05) is 0 Å². The molecule has 0 saturated heterocycles. The fourth-order valence-corrected chi connectivity index (χ4v) is 2.74. The van der Waals surface area contributed by atoms with Gasteiger partial charge in [-0.15, -0.1) is 0 Å². The van der Waals surface area contributed by atoms with Gasteiger partial charge in [-0.3, -0.25) is 10.1 Å². The van der Waals surface area contributed by atoms with Crippen LogP contribution in [0.2, 0.25) is 0 Å². The topological polar surface area (TPSA) is 64.4 Å². The van der Waals surface area contributed by atoms with Gasteiger partial charge in [0.2, 0.25) is 5.70 Å². The molecule has 0 aliphatic heterocycles.